The van der Waals surface area contributed by atoms with E-state index in [1.165, 1.54) is 103 Å². The minimum atomic E-state index is -4.71. The lowest BCUT2D eigenvalue weighted by atomic mass is 10.0. The number of amides is 1. The Bertz CT molecular complexity index is 1570. The number of phosphoric ester groups is 1. The van der Waals surface area contributed by atoms with Gasteiger partial charge in [-0.1, -0.05) is 221 Å². The van der Waals surface area contributed by atoms with Crippen LogP contribution in [0.2, 0.25) is 0 Å². The van der Waals surface area contributed by atoms with Gasteiger partial charge in [-0.15, -0.1) is 0 Å². The minimum Gasteiger partial charge on any atom is -0.756 e. The number of hydrogen-bond donors (Lipinski definition) is 1. The molecule has 0 rings (SSSR count). The van der Waals surface area contributed by atoms with E-state index in [1.807, 2.05) is 27.2 Å². The number of quaternary nitrogens is 1. The van der Waals surface area contributed by atoms with Crippen molar-refractivity contribution in [2.75, 3.05) is 40.9 Å². The molecule has 0 saturated carbocycles. The molecule has 10 heteroatoms. The van der Waals surface area contributed by atoms with Crippen LogP contribution in [-0.2, 0) is 27.9 Å². The van der Waals surface area contributed by atoms with E-state index in [9.17, 15) is 19.0 Å². The van der Waals surface area contributed by atoms with Crippen LogP contribution >= 0.6 is 7.82 Å². The number of nitrogens with one attached hydrogen (secondary N) is 1. The van der Waals surface area contributed by atoms with Crippen LogP contribution in [-0.4, -0.2) is 69.4 Å². The number of unbranched alkanes of at least 4 members (excludes halogenated alkanes) is 22. The van der Waals surface area contributed by atoms with E-state index in [0.717, 1.165) is 96.3 Å². The molecule has 0 heterocycles. The van der Waals surface area contributed by atoms with Crippen LogP contribution in [0.15, 0.2) is 97.2 Å². The van der Waals surface area contributed by atoms with E-state index >= 15 is 0 Å². The molecule has 0 aliphatic rings. The second-order valence-electron chi connectivity index (χ2n) is 20.8. The quantitative estimate of drug-likeness (QED) is 0.0212. The van der Waals surface area contributed by atoms with Gasteiger partial charge in [0.1, 0.15) is 19.3 Å². The number of rotatable bonds is 52. The highest BCUT2D eigenvalue weighted by atomic mass is 31.2. The Morgan fingerprint density at radius 1 is 0.493 bits per heavy atom. The van der Waals surface area contributed by atoms with Crippen LogP contribution in [0.1, 0.15) is 239 Å². The van der Waals surface area contributed by atoms with Gasteiger partial charge in [-0.25, -0.2) is 0 Å². The van der Waals surface area contributed by atoms with Gasteiger partial charge < -0.3 is 28.5 Å². The number of carbonyl (C=O) groups is 2. The highest BCUT2D eigenvalue weighted by Gasteiger charge is 2.27. The molecule has 0 aliphatic heterocycles. The second kappa shape index (κ2) is 52.4. The van der Waals surface area contributed by atoms with Gasteiger partial charge in [0.05, 0.1) is 33.8 Å². The smallest absolute Gasteiger partial charge is 0.306 e. The number of likely N-dealkylation sites (N-methyl/N-ethyl adjacent to an activating group) is 1. The van der Waals surface area contributed by atoms with Crippen molar-refractivity contribution in [3.05, 3.63) is 97.2 Å². The summed E-state index contributed by atoms with van der Waals surface area (Å²) in [7, 11) is 1.14. The Kier molecular flexibility index (Phi) is 50.2. The summed E-state index contributed by atoms with van der Waals surface area (Å²) in [5, 5.41) is 3.00. The molecule has 0 aliphatic carbocycles. The summed E-state index contributed by atoms with van der Waals surface area (Å²) in [6.45, 7) is 6.64. The zero-order chi connectivity index (χ0) is 53.6. The van der Waals surface area contributed by atoms with Crippen molar-refractivity contribution >= 4 is 19.7 Å². The molecular weight excluding hydrogens is 928 g/mol. The van der Waals surface area contributed by atoms with Crippen LogP contribution in [0, 0.1) is 0 Å². The summed E-state index contributed by atoms with van der Waals surface area (Å²) in [6.07, 6.45) is 69.5. The molecule has 0 fully saturated rings. The third-order valence-electron chi connectivity index (χ3n) is 12.5. The molecule has 420 valence electrons. The Balaban J connectivity index is 5.37. The zero-order valence-electron chi connectivity index (χ0n) is 47.8. The van der Waals surface area contributed by atoms with Crippen LogP contribution in [0.5, 0.6) is 0 Å². The Hall–Kier alpha value is -3.07. The van der Waals surface area contributed by atoms with Crippen LogP contribution in [0.4, 0.5) is 0 Å². The first kappa shape index (κ1) is 69.9. The van der Waals surface area contributed by atoms with E-state index in [1.54, 1.807) is 6.08 Å². The van der Waals surface area contributed by atoms with Crippen molar-refractivity contribution in [3.8, 4) is 0 Å². The summed E-state index contributed by atoms with van der Waals surface area (Å²) in [4.78, 5) is 39.9. The van der Waals surface area contributed by atoms with Gasteiger partial charge in [-0.3, -0.25) is 14.2 Å². The van der Waals surface area contributed by atoms with Crippen LogP contribution < -0.4 is 10.2 Å². The van der Waals surface area contributed by atoms with Crippen molar-refractivity contribution in [3.63, 3.8) is 0 Å². The first-order valence-electron chi connectivity index (χ1n) is 29.5. The van der Waals surface area contributed by atoms with Crippen LogP contribution in [0.3, 0.4) is 0 Å². The third-order valence-corrected chi connectivity index (χ3v) is 13.5. The summed E-state index contributed by atoms with van der Waals surface area (Å²) >= 11 is 0. The first-order valence-corrected chi connectivity index (χ1v) is 31.0. The number of carbonyl (C=O) groups excluding carboxylic acids is 2. The standard InChI is InChI=1S/C63H111N2O7P/c1-7-10-13-16-19-22-25-27-29-31-32-34-35-37-40-43-46-49-52-55-62(66)64-60(59-71-73(68,69)70-58-57-65(4,5)6)61(54-51-48-45-42-39-24-21-18-15-12-9-3)72-63(67)56-53-50-47-44-41-38-36-33-30-28-26-23-20-17-14-11-8-2/h11,14,19-20,22-23,27-30,36,38,44,47,51,54,60-61H,7-10,12-13,15-18,21,24-26,31-35,37,39-43,45-46,48-50,52-53,55-59H2,1-6H3,(H-,64,66,68,69)/b14-11-,22-19-,23-20-,29-27-,30-28-,38-36-,47-44-,54-51+. The number of phosphoric acid groups is 1. The summed E-state index contributed by atoms with van der Waals surface area (Å²) in [6, 6.07) is -0.918. The molecular formula is C63H111N2O7P. The summed E-state index contributed by atoms with van der Waals surface area (Å²) in [5.41, 5.74) is 0. The fourth-order valence-corrected chi connectivity index (χ4v) is 8.66. The fraction of sp³-hybridized carbons (Fsp3) is 0.714. The second-order valence-corrected chi connectivity index (χ2v) is 22.2. The highest BCUT2D eigenvalue weighted by Crippen LogP contribution is 2.38. The van der Waals surface area contributed by atoms with E-state index in [4.69, 9.17) is 13.8 Å². The zero-order valence-corrected chi connectivity index (χ0v) is 48.7. The minimum absolute atomic E-state index is 0.0363. The maximum atomic E-state index is 13.5. The van der Waals surface area contributed by atoms with Crippen LogP contribution in [0.25, 0.3) is 0 Å². The van der Waals surface area contributed by atoms with Gasteiger partial charge >= 0.3 is 5.97 Å². The van der Waals surface area contributed by atoms with Gasteiger partial charge in [0.2, 0.25) is 5.91 Å². The number of nitrogens with zero attached hydrogens (tertiary/aromatic N) is 1. The molecule has 9 nitrogen and oxygen atoms in total. The van der Waals surface area contributed by atoms with E-state index in [2.05, 4.69) is 111 Å². The molecule has 0 saturated heterocycles. The topological polar surface area (TPSA) is 114 Å². The van der Waals surface area contributed by atoms with Gasteiger partial charge in [0.15, 0.2) is 0 Å². The maximum absolute atomic E-state index is 13.5. The Labute approximate surface area is 449 Å². The van der Waals surface area contributed by atoms with Gasteiger partial charge in [0.25, 0.3) is 7.82 Å². The summed E-state index contributed by atoms with van der Waals surface area (Å²) in [5.74, 6) is -0.619. The summed E-state index contributed by atoms with van der Waals surface area (Å²) < 4.78 is 30.2. The van der Waals surface area contributed by atoms with Crippen molar-refractivity contribution in [2.24, 2.45) is 0 Å². The van der Waals surface area contributed by atoms with Crippen molar-refractivity contribution in [2.45, 2.75) is 251 Å². The van der Waals surface area contributed by atoms with Crippen molar-refractivity contribution in [1.82, 2.24) is 5.32 Å². The van der Waals surface area contributed by atoms with E-state index in [-0.39, 0.29) is 18.9 Å². The Morgan fingerprint density at radius 2 is 0.890 bits per heavy atom. The molecule has 0 aromatic heterocycles. The SMILES string of the molecule is CC/C=C\C/C=C\C/C=C\C/C=C\C/C=C\CCCC(=O)OC(/C=C/CCCCCCCCCCC)C(COP(=O)([O-])OCC[N+](C)(C)C)NC(=O)CCCCCCCCCCC/C=C\C/C=C\CCCCC. The monoisotopic (exact) mass is 1040 g/mol. The lowest BCUT2D eigenvalue weighted by Gasteiger charge is -2.30. The lowest BCUT2D eigenvalue weighted by Crippen LogP contribution is -2.47. The Morgan fingerprint density at radius 3 is 1.37 bits per heavy atom. The molecule has 73 heavy (non-hydrogen) atoms. The first-order chi connectivity index (χ1) is 35.4. The highest BCUT2D eigenvalue weighted by molar-refractivity contribution is 7.45. The predicted molar refractivity (Wildman–Crippen MR) is 311 cm³/mol. The molecule has 0 spiro atoms. The van der Waals surface area contributed by atoms with Gasteiger partial charge in [-0.2, -0.15) is 0 Å². The third kappa shape index (κ3) is 53.6. The molecule has 3 unspecified atom stereocenters. The predicted octanol–water partition coefficient (Wildman–Crippen LogP) is 17.4. The largest absolute Gasteiger partial charge is 0.756 e. The van der Waals surface area contributed by atoms with Crippen molar-refractivity contribution < 1.29 is 37.3 Å². The molecule has 1 amide bonds. The lowest BCUT2D eigenvalue weighted by molar-refractivity contribution is -0.870. The maximum Gasteiger partial charge on any atom is 0.306 e. The van der Waals surface area contributed by atoms with Gasteiger partial charge in [-0.05, 0) is 102 Å². The van der Waals surface area contributed by atoms with E-state index < -0.39 is 32.5 Å². The fourth-order valence-electron chi connectivity index (χ4n) is 7.94. The van der Waals surface area contributed by atoms with Gasteiger partial charge in [0, 0.05) is 12.8 Å². The average Bonchev–Trinajstić information content (AvgIpc) is 3.35. The molecule has 0 aromatic rings. The molecule has 3 atom stereocenters. The molecule has 0 bridgehead atoms. The normalized spacial score (nSPS) is 14.5. The molecule has 1 N–H and O–H groups in total. The molecule has 0 radical (unpaired) electrons. The van der Waals surface area contributed by atoms with E-state index in [0.29, 0.717) is 23.9 Å². The number of hydrogen-bond acceptors (Lipinski definition) is 7. The number of allylic oxidation sites excluding steroid dienone is 15. The average molecular weight is 1040 g/mol. The number of ether oxygens (including phenoxy) is 1. The van der Waals surface area contributed by atoms with Crippen molar-refractivity contribution in [1.29, 1.82) is 0 Å². The molecule has 0 aromatic carbocycles. The number of esters is 1.